The average Bonchev–Trinajstić information content (AvgIpc) is 3.12. The maximum absolute atomic E-state index is 12.9. The van der Waals surface area contributed by atoms with Gasteiger partial charge in [0, 0.05) is 25.1 Å². The summed E-state index contributed by atoms with van der Waals surface area (Å²) in [7, 11) is 0. The number of likely N-dealkylation sites (tertiary alicyclic amines) is 1. The smallest absolute Gasteiger partial charge is 0.255 e. The van der Waals surface area contributed by atoms with Crippen molar-refractivity contribution in [1.82, 2.24) is 15.1 Å². The number of aryl methyl sites for hydroxylation is 2. The molecule has 0 radical (unpaired) electrons. The second kappa shape index (κ2) is 8.75. The van der Waals surface area contributed by atoms with E-state index < -0.39 is 6.04 Å². The van der Waals surface area contributed by atoms with Crippen LogP contribution in [-0.2, 0) is 22.7 Å². The first-order valence-electron chi connectivity index (χ1n) is 11.9. The predicted molar refractivity (Wildman–Crippen MR) is 126 cm³/mol. The molecule has 6 nitrogen and oxygen atoms in total. The van der Waals surface area contributed by atoms with Gasteiger partial charge in [-0.1, -0.05) is 35.9 Å². The fourth-order valence-electron chi connectivity index (χ4n) is 5.54. The van der Waals surface area contributed by atoms with E-state index in [-0.39, 0.29) is 24.1 Å². The van der Waals surface area contributed by atoms with Gasteiger partial charge in [0.25, 0.3) is 5.91 Å². The van der Waals surface area contributed by atoms with Crippen LogP contribution in [0, 0.1) is 13.8 Å². The zero-order chi connectivity index (χ0) is 23.1. The molecule has 5 rings (SSSR count). The third-order valence-corrected chi connectivity index (χ3v) is 7.50. The lowest BCUT2D eigenvalue weighted by molar-refractivity contribution is -0.136. The van der Waals surface area contributed by atoms with Crippen LogP contribution in [0.2, 0.25) is 0 Å². The van der Waals surface area contributed by atoms with Crippen molar-refractivity contribution in [2.24, 2.45) is 0 Å². The lowest BCUT2D eigenvalue weighted by Crippen LogP contribution is -2.52. The van der Waals surface area contributed by atoms with Crippen LogP contribution in [0.5, 0.6) is 0 Å². The number of carbonyl (C=O) groups is 3. The van der Waals surface area contributed by atoms with Crippen molar-refractivity contribution in [3.8, 4) is 0 Å². The number of nitrogens with zero attached hydrogens (tertiary/aromatic N) is 2. The van der Waals surface area contributed by atoms with Gasteiger partial charge >= 0.3 is 0 Å². The van der Waals surface area contributed by atoms with E-state index in [4.69, 9.17) is 0 Å². The minimum atomic E-state index is -0.556. The molecular formula is C27H31N3O3. The molecule has 3 amide bonds. The van der Waals surface area contributed by atoms with Gasteiger partial charge in [0.05, 0.1) is 0 Å². The highest BCUT2D eigenvalue weighted by molar-refractivity contribution is 6.05. The number of rotatable bonds is 4. The van der Waals surface area contributed by atoms with E-state index in [0.29, 0.717) is 24.4 Å². The van der Waals surface area contributed by atoms with Crippen LogP contribution < -0.4 is 5.32 Å². The summed E-state index contributed by atoms with van der Waals surface area (Å²) in [5, 5.41) is 2.37. The minimum absolute atomic E-state index is 0.102. The maximum Gasteiger partial charge on any atom is 0.255 e. The van der Waals surface area contributed by atoms with Crippen LogP contribution in [0.15, 0.2) is 36.4 Å². The number of hydrogen-bond donors (Lipinski definition) is 1. The van der Waals surface area contributed by atoms with Crippen molar-refractivity contribution in [2.45, 2.75) is 64.6 Å². The van der Waals surface area contributed by atoms with E-state index >= 15 is 0 Å². The average molecular weight is 446 g/mol. The highest BCUT2D eigenvalue weighted by Crippen LogP contribution is 2.34. The minimum Gasteiger partial charge on any atom is -0.322 e. The van der Waals surface area contributed by atoms with Gasteiger partial charge in [-0.3, -0.25) is 24.6 Å². The first-order chi connectivity index (χ1) is 15.9. The molecule has 2 aromatic rings. The molecule has 0 spiro atoms. The van der Waals surface area contributed by atoms with Crippen molar-refractivity contribution in [3.63, 3.8) is 0 Å². The first-order valence-corrected chi connectivity index (χ1v) is 11.9. The summed E-state index contributed by atoms with van der Waals surface area (Å²) >= 11 is 0. The van der Waals surface area contributed by atoms with Crippen molar-refractivity contribution in [2.75, 3.05) is 13.1 Å². The molecule has 172 valence electrons. The summed E-state index contributed by atoms with van der Waals surface area (Å²) in [6.07, 6.45) is 2.89. The Bertz CT molecular complexity index is 1120. The number of benzene rings is 2. The van der Waals surface area contributed by atoms with Crippen LogP contribution in [0.4, 0.5) is 0 Å². The molecular weight excluding hydrogens is 414 g/mol. The number of hydrogen-bond acceptors (Lipinski definition) is 4. The van der Waals surface area contributed by atoms with E-state index in [1.54, 1.807) is 4.90 Å². The molecule has 2 aromatic carbocycles. The first kappa shape index (κ1) is 21.8. The Labute approximate surface area is 194 Å². The summed E-state index contributed by atoms with van der Waals surface area (Å²) in [6, 6.07) is 12.3. The van der Waals surface area contributed by atoms with Gasteiger partial charge in [0.1, 0.15) is 6.04 Å². The molecule has 2 saturated heterocycles. The Balaban J connectivity index is 1.23. The largest absolute Gasteiger partial charge is 0.322 e. The molecule has 0 aromatic heterocycles. The van der Waals surface area contributed by atoms with Gasteiger partial charge in [-0.05, 0) is 80.4 Å². The molecule has 3 heterocycles. The van der Waals surface area contributed by atoms with E-state index in [1.807, 2.05) is 6.07 Å². The number of carbonyl (C=O) groups excluding carboxylic acids is 3. The summed E-state index contributed by atoms with van der Waals surface area (Å²) in [4.78, 5) is 40.8. The van der Waals surface area contributed by atoms with Crippen molar-refractivity contribution < 1.29 is 14.4 Å². The normalized spacial score (nSPS) is 21.9. The molecule has 1 atom stereocenters. The van der Waals surface area contributed by atoms with Crippen LogP contribution >= 0.6 is 0 Å². The number of imide groups is 1. The Morgan fingerprint density at radius 1 is 0.970 bits per heavy atom. The molecule has 0 aliphatic carbocycles. The lowest BCUT2D eigenvalue weighted by Gasteiger charge is -2.32. The summed E-state index contributed by atoms with van der Waals surface area (Å²) in [6.45, 7) is 7.90. The Morgan fingerprint density at radius 3 is 2.48 bits per heavy atom. The van der Waals surface area contributed by atoms with Gasteiger partial charge in [0.15, 0.2) is 0 Å². The summed E-state index contributed by atoms with van der Waals surface area (Å²) < 4.78 is 0. The van der Waals surface area contributed by atoms with E-state index in [9.17, 15) is 14.4 Å². The topological polar surface area (TPSA) is 69.7 Å². The second-order valence-corrected chi connectivity index (χ2v) is 9.80. The molecule has 1 N–H and O–H groups in total. The summed E-state index contributed by atoms with van der Waals surface area (Å²) in [5.74, 6) is -0.227. The SMILES string of the molecule is Cc1ccc(CN2CCC(c3ccc4c(c3)CN(C3CCC(=O)NC3=O)C4=O)CC2)c(C)c1. The van der Waals surface area contributed by atoms with Gasteiger partial charge in [-0.15, -0.1) is 0 Å². The molecule has 1 unspecified atom stereocenters. The molecule has 0 saturated carbocycles. The zero-order valence-corrected chi connectivity index (χ0v) is 19.4. The maximum atomic E-state index is 12.9. The quantitative estimate of drug-likeness (QED) is 0.732. The standard InChI is InChI=1S/C27H31N3O3/c1-17-3-4-21(18(2)13-17)15-29-11-9-19(10-12-29)20-5-6-23-22(14-20)16-30(27(23)33)24-7-8-25(31)28-26(24)32/h3-6,13-14,19,24H,7-12,15-16H2,1-2H3,(H,28,31,32). The highest BCUT2D eigenvalue weighted by Gasteiger charge is 2.39. The molecule has 0 bridgehead atoms. The molecule has 2 fully saturated rings. The van der Waals surface area contributed by atoms with Crippen molar-refractivity contribution >= 4 is 17.7 Å². The van der Waals surface area contributed by atoms with Crippen LogP contribution in [0.1, 0.15) is 69.8 Å². The molecule has 3 aliphatic rings. The third kappa shape index (κ3) is 4.32. The second-order valence-electron chi connectivity index (χ2n) is 9.80. The Kier molecular flexibility index (Phi) is 5.79. The molecule has 6 heteroatoms. The Morgan fingerprint density at radius 2 is 1.76 bits per heavy atom. The highest BCUT2D eigenvalue weighted by atomic mass is 16.2. The van der Waals surface area contributed by atoms with E-state index in [1.165, 1.54) is 22.3 Å². The van der Waals surface area contributed by atoms with Crippen LogP contribution in [0.3, 0.4) is 0 Å². The predicted octanol–water partition coefficient (Wildman–Crippen LogP) is 3.44. The van der Waals surface area contributed by atoms with E-state index in [2.05, 4.69) is 54.4 Å². The lowest BCUT2D eigenvalue weighted by atomic mass is 9.87. The van der Waals surface area contributed by atoms with Crippen molar-refractivity contribution in [1.29, 1.82) is 0 Å². The molecule has 3 aliphatic heterocycles. The van der Waals surface area contributed by atoms with Gasteiger partial charge in [-0.25, -0.2) is 0 Å². The van der Waals surface area contributed by atoms with Gasteiger partial charge < -0.3 is 4.90 Å². The summed E-state index contributed by atoms with van der Waals surface area (Å²) in [5.41, 5.74) is 7.05. The van der Waals surface area contributed by atoms with Crippen molar-refractivity contribution in [3.05, 3.63) is 69.8 Å². The van der Waals surface area contributed by atoms with Crippen LogP contribution in [-0.4, -0.2) is 46.7 Å². The third-order valence-electron chi connectivity index (χ3n) is 7.50. The number of amides is 3. The fraction of sp³-hybridized carbons (Fsp3) is 0.444. The number of piperidine rings is 2. The number of fused-ring (bicyclic) bond motifs is 1. The zero-order valence-electron chi connectivity index (χ0n) is 19.4. The number of nitrogens with one attached hydrogen (secondary N) is 1. The van der Waals surface area contributed by atoms with Gasteiger partial charge in [-0.2, -0.15) is 0 Å². The fourth-order valence-corrected chi connectivity index (χ4v) is 5.54. The Hall–Kier alpha value is -2.99. The molecule has 33 heavy (non-hydrogen) atoms. The van der Waals surface area contributed by atoms with E-state index in [0.717, 1.165) is 38.0 Å². The van der Waals surface area contributed by atoms with Crippen LogP contribution in [0.25, 0.3) is 0 Å². The monoisotopic (exact) mass is 445 g/mol. The van der Waals surface area contributed by atoms with Gasteiger partial charge in [0.2, 0.25) is 11.8 Å².